The van der Waals surface area contributed by atoms with Crippen LogP contribution in [-0.4, -0.2) is 26.3 Å². The molecule has 1 aromatic carbocycles. The van der Waals surface area contributed by atoms with Crippen LogP contribution in [0.1, 0.15) is 27.2 Å². The number of amides is 2. The number of benzene rings is 1. The molecule has 0 saturated carbocycles. The van der Waals surface area contributed by atoms with Crippen molar-refractivity contribution < 1.29 is 14.5 Å². The molecule has 0 unspecified atom stereocenters. The van der Waals surface area contributed by atoms with Gasteiger partial charge in [-0.2, -0.15) is 0 Å². The Kier molecular flexibility index (Phi) is 5.69. The average Bonchev–Trinajstić information content (AvgIpc) is 3.00. The lowest BCUT2D eigenvalue weighted by Crippen LogP contribution is -2.42. The first-order chi connectivity index (χ1) is 13.8. The van der Waals surface area contributed by atoms with Gasteiger partial charge in [0.15, 0.2) is 0 Å². The number of nitro benzene ring substituents is 1. The zero-order valence-electron chi connectivity index (χ0n) is 15.6. The summed E-state index contributed by atoms with van der Waals surface area (Å²) in [5.41, 5.74) is 4.89. The number of carbonyl (C=O) groups excluding carboxylic acids is 2. The van der Waals surface area contributed by atoms with E-state index in [2.05, 4.69) is 15.8 Å². The topological polar surface area (TPSA) is 136 Å². The van der Waals surface area contributed by atoms with E-state index in [1.165, 1.54) is 40.4 Å². The number of thiophene rings is 1. The van der Waals surface area contributed by atoms with Gasteiger partial charge in [-0.05, 0) is 25.5 Å². The third-order valence-corrected chi connectivity index (χ3v) is 5.49. The maximum atomic E-state index is 12.6. The average molecular weight is 415 g/mol. The highest BCUT2D eigenvalue weighted by Gasteiger charge is 2.14. The minimum atomic E-state index is -0.688. The predicted molar refractivity (Wildman–Crippen MR) is 107 cm³/mol. The molecule has 0 spiro atoms. The van der Waals surface area contributed by atoms with Gasteiger partial charge in [0.05, 0.1) is 16.6 Å². The summed E-state index contributed by atoms with van der Waals surface area (Å²) in [6, 6.07) is 5.13. The van der Waals surface area contributed by atoms with Crippen LogP contribution in [0.3, 0.4) is 0 Å². The van der Waals surface area contributed by atoms with Gasteiger partial charge in [-0.25, -0.2) is 4.98 Å². The van der Waals surface area contributed by atoms with E-state index in [0.29, 0.717) is 10.2 Å². The Hall–Kier alpha value is -3.60. The fraction of sp³-hybridized carbons (Fsp3) is 0.222. The van der Waals surface area contributed by atoms with Gasteiger partial charge < -0.3 is 0 Å². The van der Waals surface area contributed by atoms with Crippen LogP contribution >= 0.6 is 11.3 Å². The second-order valence-electron chi connectivity index (χ2n) is 6.27. The van der Waals surface area contributed by atoms with Crippen LogP contribution in [0.5, 0.6) is 0 Å². The Balaban J connectivity index is 1.60. The van der Waals surface area contributed by atoms with Gasteiger partial charge in [0.1, 0.15) is 4.83 Å². The lowest BCUT2D eigenvalue weighted by atomic mass is 10.2. The molecule has 2 aromatic heterocycles. The van der Waals surface area contributed by atoms with Crippen LogP contribution in [0.4, 0.5) is 5.69 Å². The van der Waals surface area contributed by atoms with E-state index in [9.17, 15) is 24.5 Å². The summed E-state index contributed by atoms with van der Waals surface area (Å²) in [5.74, 6) is -1.21. The molecule has 0 atom stereocenters. The molecule has 2 amide bonds. The Morgan fingerprint density at radius 1 is 1.28 bits per heavy atom. The van der Waals surface area contributed by atoms with Gasteiger partial charge in [-0.3, -0.25) is 39.9 Å². The first kappa shape index (κ1) is 20.1. The number of rotatable bonds is 5. The molecule has 10 nitrogen and oxygen atoms in total. The quantitative estimate of drug-likeness (QED) is 0.482. The first-order valence-electron chi connectivity index (χ1n) is 8.56. The monoisotopic (exact) mass is 415 g/mol. The van der Waals surface area contributed by atoms with E-state index in [1.54, 1.807) is 0 Å². The Labute approximate surface area is 168 Å². The smallest absolute Gasteiger partial charge is 0.270 e. The van der Waals surface area contributed by atoms with Crippen molar-refractivity contribution >= 4 is 39.1 Å². The standard InChI is InChI=1S/C18H17N5O5S/c1-10-11(2)29-17-15(10)18(26)22(9-19-17)7-6-14(24)20-21-16(25)12-4-3-5-13(8-12)23(27)28/h3-5,8-9H,6-7H2,1-2H3,(H,20,24)(H,21,25). The van der Waals surface area contributed by atoms with E-state index in [1.807, 2.05) is 13.8 Å². The second kappa shape index (κ2) is 8.19. The largest absolute Gasteiger partial charge is 0.298 e. The molecule has 29 heavy (non-hydrogen) atoms. The summed E-state index contributed by atoms with van der Waals surface area (Å²) in [6.45, 7) is 3.87. The van der Waals surface area contributed by atoms with Gasteiger partial charge in [0.2, 0.25) is 5.91 Å². The number of hydrogen-bond acceptors (Lipinski definition) is 7. The van der Waals surface area contributed by atoms with Gasteiger partial charge in [0.25, 0.3) is 17.2 Å². The molecule has 0 bridgehead atoms. The van der Waals surface area contributed by atoms with Gasteiger partial charge in [-0.15, -0.1) is 11.3 Å². The fourth-order valence-electron chi connectivity index (χ4n) is 2.67. The van der Waals surface area contributed by atoms with Crippen molar-refractivity contribution in [3.05, 3.63) is 67.1 Å². The van der Waals surface area contributed by atoms with E-state index in [4.69, 9.17) is 0 Å². The normalized spacial score (nSPS) is 10.7. The van der Waals surface area contributed by atoms with Crippen molar-refractivity contribution in [1.82, 2.24) is 20.4 Å². The molecule has 0 aliphatic carbocycles. The molecule has 2 N–H and O–H groups in total. The molecule has 0 aliphatic heterocycles. The molecule has 0 fully saturated rings. The highest BCUT2D eigenvalue weighted by molar-refractivity contribution is 7.18. The molecule has 0 radical (unpaired) electrons. The number of hydrazine groups is 1. The van der Waals surface area contributed by atoms with Crippen LogP contribution in [0.2, 0.25) is 0 Å². The minimum absolute atomic E-state index is 0.0358. The molecule has 11 heteroatoms. The summed E-state index contributed by atoms with van der Waals surface area (Å²) in [5, 5.41) is 11.3. The lowest BCUT2D eigenvalue weighted by molar-refractivity contribution is -0.384. The van der Waals surface area contributed by atoms with Gasteiger partial charge >= 0.3 is 0 Å². The Morgan fingerprint density at radius 2 is 2.03 bits per heavy atom. The lowest BCUT2D eigenvalue weighted by Gasteiger charge is -2.08. The van der Waals surface area contributed by atoms with Crippen molar-refractivity contribution in [2.75, 3.05) is 0 Å². The van der Waals surface area contributed by atoms with Crippen LogP contribution in [0.15, 0.2) is 35.4 Å². The summed E-state index contributed by atoms with van der Waals surface area (Å²) in [7, 11) is 0. The second-order valence-corrected chi connectivity index (χ2v) is 7.47. The molecular formula is C18H17N5O5S. The van der Waals surface area contributed by atoms with Crippen LogP contribution in [-0.2, 0) is 11.3 Å². The number of aryl methyl sites for hydroxylation is 3. The number of nitro groups is 1. The van der Waals surface area contributed by atoms with Gasteiger partial charge in [0, 0.05) is 35.5 Å². The third-order valence-electron chi connectivity index (χ3n) is 4.37. The Bertz CT molecular complexity index is 1180. The number of fused-ring (bicyclic) bond motifs is 1. The number of non-ortho nitro benzene ring substituents is 1. The molecular weight excluding hydrogens is 398 g/mol. The number of hydrogen-bond donors (Lipinski definition) is 2. The zero-order valence-corrected chi connectivity index (χ0v) is 16.4. The van der Waals surface area contributed by atoms with E-state index in [0.717, 1.165) is 16.5 Å². The highest BCUT2D eigenvalue weighted by Crippen LogP contribution is 2.25. The highest BCUT2D eigenvalue weighted by atomic mass is 32.1. The molecule has 2 heterocycles. The summed E-state index contributed by atoms with van der Waals surface area (Å²) < 4.78 is 1.35. The van der Waals surface area contributed by atoms with Crippen molar-refractivity contribution in [3.8, 4) is 0 Å². The molecule has 0 saturated heterocycles. The van der Waals surface area contributed by atoms with Crippen molar-refractivity contribution in [2.24, 2.45) is 0 Å². The van der Waals surface area contributed by atoms with E-state index in [-0.39, 0.29) is 29.8 Å². The minimum Gasteiger partial charge on any atom is -0.298 e. The zero-order chi connectivity index (χ0) is 21.1. The van der Waals surface area contributed by atoms with Crippen molar-refractivity contribution in [1.29, 1.82) is 0 Å². The fourth-order valence-corrected chi connectivity index (χ4v) is 3.66. The number of aromatic nitrogens is 2. The van der Waals surface area contributed by atoms with Crippen molar-refractivity contribution in [3.63, 3.8) is 0 Å². The van der Waals surface area contributed by atoms with Crippen LogP contribution in [0.25, 0.3) is 10.2 Å². The SMILES string of the molecule is Cc1sc2ncn(CCC(=O)NNC(=O)c3cccc([N+](=O)[O-])c3)c(=O)c2c1C. The maximum absolute atomic E-state index is 12.6. The van der Waals surface area contributed by atoms with Crippen LogP contribution in [0, 0.1) is 24.0 Å². The summed E-state index contributed by atoms with van der Waals surface area (Å²) in [4.78, 5) is 52.7. The maximum Gasteiger partial charge on any atom is 0.270 e. The van der Waals surface area contributed by atoms with E-state index >= 15 is 0 Å². The number of carbonyl (C=O) groups is 2. The van der Waals surface area contributed by atoms with Gasteiger partial charge in [-0.1, -0.05) is 6.07 Å². The number of nitrogens with one attached hydrogen (secondary N) is 2. The summed E-state index contributed by atoms with van der Waals surface area (Å²) in [6.07, 6.45) is 1.33. The Morgan fingerprint density at radius 3 is 2.76 bits per heavy atom. The first-order valence-corrected chi connectivity index (χ1v) is 9.38. The van der Waals surface area contributed by atoms with E-state index < -0.39 is 16.7 Å². The third kappa shape index (κ3) is 4.29. The predicted octanol–water partition coefficient (Wildman–Crippen LogP) is 1.83. The molecule has 3 rings (SSSR count). The number of nitrogens with zero attached hydrogens (tertiary/aromatic N) is 3. The van der Waals surface area contributed by atoms with Crippen molar-refractivity contribution in [2.45, 2.75) is 26.8 Å². The van der Waals surface area contributed by atoms with Crippen LogP contribution < -0.4 is 16.4 Å². The molecule has 0 aliphatic rings. The molecule has 150 valence electrons. The molecule has 3 aromatic rings. The summed E-state index contributed by atoms with van der Waals surface area (Å²) >= 11 is 1.44.